The van der Waals surface area contributed by atoms with Gasteiger partial charge in [0.15, 0.2) is 0 Å². The smallest absolute Gasteiger partial charge is 0.238 e. The van der Waals surface area contributed by atoms with Crippen LogP contribution in [0.1, 0.15) is 12.5 Å². The lowest BCUT2D eigenvalue weighted by Gasteiger charge is -2.04. The van der Waals surface area contributed by atoms with Crippen molar-refractivity contribution in [3.05, 3.63) is 66.4 Å². The highest BCUT2D eigenvalue weighted by molar-refractivity contribution is 7.89. The first kappa shape index (κ1) is 17.1. The second-order valence-corrected chi connectivity index (χ2v) is 7.35. The highest BCUT2D eigenvalue weighted by Gasteiger charge is 2.14. The van der Waals surface area contributed by atoms with Crippen LogP contribution in [0.25, 0.3) is 28.6 Å². The number of aryl methyl sites for hydroxylation is 1. The summed E-state index contributed by atoms with van der Waals surface area (Å²) < 4.78 is 24.6. The van der Waals surface area contributed by atoms with E-state index in [9.17, 15) is 8.42 Å². The summed E-state index contributed by atoms with van der Waals surface area (Å²) in [4.78, 5) is 0.0843. The molecule has 0 bridgehead atoms. The molecule has 5 nitrogen and oxygen atoms in total. The molecule has 0 radical (unpaired) electrons. The van der Waals surface area contributed by atoms with Crippen molar-refractivity contribution in [2.75, 3.05) is 0 Å². The van der Waals surface area contributed by atoms with Gasteiger partial charge in [-0.1, -0.05) is 48.0 Å². The lowest BCUT2D eigenvalue weighted by Crippen LogP contribution is -2.11. The lowest BCUT2D eigenvalue weighted by molar-refractivity contribution is 0.598. The number of allylic oxidation sites excluding steroid dienone is 1. The quantitative estimate of drug-likeness (QED) is 0.777. The zero-order valence-corrected chi connectivity index (χ0v) is 14.9. The van der Waals surface area contributed by atoms with E-state index in [1.54, 1.807) is 16.8 Å². The van der Waals surface area contributed by atoms with Crippen molar-refractivity contribution < 1.29 is 8.42 Å². The molecule has 1 heterocycles. The van der Waals surface area contributed by atoms with Crippen molar-refractivity contribution in [3.63, 3.8) is 0 Å². The zero-order chi connectivity index (χ0) is 18.0. The summed E-state index contributed by atoms with van der Waals surface area (Å²) in [6.07, 6.45) is 5.72. The Hall–Kier alpha value is -2.70. The Bertz CT molecular complexity index is 1020. The Kier molecular flexibility index (Phi) is 4.57. The molecule has 128 valence electrons. The van der Waals surface area contributed by atoms with Crippen LogP contribution < -0.4 is 5.14 Å². The van der Waals surface area contributed by atoms with Crippen molar-refractivity contribution in [1.29, 1.82) is 0 Å². The average molecular weight is 353 g/mol. The molecule has 0 unspecified atom stereocenters. The third-order valence-corrected chi connectivity index (χ3v) is 4.78. The van der Waals surface area contributed by atoms with Gasteiger partial charge in [0, 0.05) is 23.5 Å². The predicted octanol–water partition coefficient (Wildman–Crippen LogP) is 3.66. The molecule has 0 aliphatic rings. The van der Waals surface area contributed by atoms with Gasteiger partial charge in [0.2, 0.25) is 10.0 Å². The molecule has 2 aromatic carbocycles. The molecule has 0 spiro atoms. The van der Waals surface area contributed by atoms with E-state index >= 15 is 0 Å². The van der Waals surface area contributed by atoms with E-state index in [4.69, 9.17) is 5.14 Å². The van der Waals surface area contributed by atoms with E-state index in [1.165, 1.54) is 17.7 Å². The molecular weight excluding hydrogens is 334 g/mol. The molecule has 0 saturated carbocycles. The Morgan fingerprint density at radius 2 is 1.60 bits per heavy atom. The Morgan fingerprint density at radius 1 is 1.00 bits per heavy atom. The van der Waals surface area contributed by atoms with E-state index in [-0.39, 0.29) is 4.90 Å². The van der Waals surface area contributed by atoms with Crippen LogP contribution in [0.5, 0.6) is 0 Å². The van der Waals surface area contributed by atoms with Gasteiger partial charge in [-0.2, -0.15) is 5.10 Å². The first-order valence-corrected chi connectivity index (χ1v) is 9.35. The van der Waals surface area contributed by atoms with E-state index in [2.05, 4.69) is 29.4 Å². The third kappa shape index (κ3) is 3.70. The van der Waals surface area contributed by atoms with Gasteiger partial charge in [-0.25, -0.2) is 18.2 Å². The van der Waals surface area contributed by atoms with Crippen LogP contribution >= 0.6 is 0 Å². The number of sulfonamides is 1. The number of primary sulfonamides is 1. The fourth-order valence-electron chi connectivity index (χ4n) is 2.58. The van der Waals surface area contributed by atoms with Crippen LogP contribution in [0.4, 0.5) is 0 Å². The van der Waals surface area contributed by atoms with Crippen molar-refractivity contribution in [3.8, 4) is 22.4 Å². The minimum absolute atomic E-state index is 0.0843. The summed E-state index contributed by atoms with van der Waals surface area (Å²) in [5.41, 5.74) is 4.81. The molecule has 25 heavy (non-hydrogen) atoms. The van der Waals surface area contributed by atoms with Crippen LogP contribution in [-0.4, -0.2) is 18.2 Å². The minimum Gasteiger partial charge on any atom is -0.247 e. The van der Waals surface area contributed by atoms with Gasteiger partial charge < -0.3 is 0 Å². The lowest BCUT2D eigenvalue weighted by atomic mass is 10.0. The molecule has 0 aliphatic carbocycles. The normalized spacial score (nSPS) is 12.0. The number of nitrogens with zero attached hydrogens (tertiary/aromatic N) is 2. The van der Waals surface area contributed by atoms with Crippen LogP contribution in [-0.2, 0) is 10.0 Å². The van der Waals surface area contributed by atoms with Crippen molar-refractivity contribution in [2.45, 2.75) is 18.7 Å². The second-order valence-electron chi connectivity index (χ2n) is 5.79. The maximum Gasteiger partial charge on any atom is 0.238 e. The van der Waals surface area contributed by atoms with Gasteiger partial charge in [0.25, 0.3) is 0 Å². The van der Waals surface area contributed by atoms with Gasteiger partial charge >= 0.3 is 0 Å². The maximum atomic E-state index is 11.4. The summed E-state index contributed by atoms with van der Waals surface area (Å²) in [5, 5.41) is 9.78. The standard InChI is InChI=1S/C19H19N3O2S/c1-3-12-22-13-18(15-6-4-14(2)5-7-15)19(21-22)16-8-10-17(11-9-16)25(20,23)24/h3-13H,1-2H3,(H2,20,23,24). The summed E-state index contributed by atoms with van der Waals surface area (Å²) in [6, 6.07) is 14.6. The van der Waals surface area contributed by atoms with Crippen molar-refractivity contribution >= 4 is 16.2 Å². The van der Waals surface area contributed by atoms with Crippen molar-refractivity contribution in [2.24, 2.45) is 5.14 Å². The van der Waals surface area contributed by atoms with E-state index in [0.29, 0.717) is 0 Å². The minimum atomic E-state index is -3.71. The molecule has 0 amide bonds. The molecule has 0 saturated heterocycles. The first-order chi connectivity index (χ1) is 11.9. The number of hydrogen-bond acceptors (Lipinski definition) is 3. The highest BCUT2D eigenvalue weighted by Crippen LogP contribution is 2.31. The van der Waals surface area contributed by atoms with Crippen LogP contribution in [0, 0.1) is 6.92 Å². The van der Waals surface area contributed by atoms with E-state index in [1.807, 2.05) is 32.3 Å². The Balaban J connectivity index is 2.13. The summed E-state index contributed by atoms with van der Waals surface area (Å²) in [6.45, 7) is 3.97. The number of nitrogens with two attached hydrogens (primary N) is 1. The molecule has 0 aliphatic heterocycles. The first-order valence-electron chi connectivity index (χ1n) is 7.81. The molecule has 6 heteroatoms. The fourth-order valence-corrected chi connectivity index (χ4v) is 3.10. The van der Waals surface area contributed by atoms with Gasteiger partial charge in [-0.3, -0.25) is 0 Å². The van der Waals surface area contributed by atoms with Crippen LogP contribution in [0.15, 0.2) is 65.7 Å². The molecule has 1 aromatic heterocycles. The highest BCUT2D eigenvalue weighted by atomic mass is 32.2. The van der Waals surface area contributed by atoms with E-state index < -0.39 is 10.0 Å². The van der Waals surface area contributed by atoms with Crippen LogP contribution in [0.3, 0.4) is 0 Å². The van der Waals surface area contributed by atoms with Crippen LogP contribution in [0.2, 0.25) is 0 Å². The molecular formula is C19H19N3O2S. The maximum absolute atomic E-state index is 11.4. The number of hydrogen-bond donors (Lipinski definition) is 1. The largest absolute Gasteiger partial charge is 0.247 e. The zero-order valence-electron chi connectivity index (χ0n) is 14.0. The summed E-state index contributed by atoms with van der Waals surface area (Å²) >= 11 is 0. The molecule has 3 rings (SSSR count). The number of benzene rings is 2. The Labute approximate surface area is 147 Å². The molecule has 2 N–H and O–H groups in total. The number of aromatic nitrogens is 2. The second kappa shape index (κ2) is 6.66. The van der Waals surface area contributed by atoms with Gasteiger partial charge in [0.1, 0.15) is 5.69 Å². The van der Waals surface area contributed by atoms with Gasteiger partial charge in [0.05, 0.1) is 4.90 Å². The molecule has 3 aromatic rings. The third-order valence-electron chi connectivity index (χ3n) is 3.85. The summed E-state index contributed by atoms with van der Waals surface area (Å²) in [7, 11) is -3.71. The Morgan fingerprint density at radius 3 is 2.16 bits per heavy atom. The average Bonchev–Trinajstić information content (AvgIpc) is 2.99. The molecule has 0 atom stereocenters. The summed E-state index contributed by atoms with van der Waals surface area (Å²) in [5.74, 6) is 0. The van der Waals surface area contributed by atoms with Crippen molar-refractivity contribution in [1.82, 2.24) is 9.78 Å². The number of rotatable bonds is 4. The van der Waals surface area contributed by atoms with E-state index in [0.717, 1.165) is 22.4 Å². The predicted molar refractivity (Wildman–Crippen MR) is 100 cm³/mol. The van der Waals surface area contributed by atoms with Gasteiger partial charge in [-0.05, 0) is 31.5 Å². The fraction of sp³-hybridized carbons (Fsp3) is 0.105. The topological polar surface area (TPSA) is 78.0 Å². The van der Waals surface area contributed by atoms with Gasteiger partial charge in [-0.15, -0.1) is 0 Å². The molecule has 0 fully saturated rings. The monoisotopic (exact) mass is 353 g/mol. The SMILES string of the molecule is CC=Cn1cc(-c2ccc(C)cc2)c(-c2ccc(S(N)(=O)=O)cc2)n1.